The quantitative estimate of drug-likeness (QED) is 0.807. The zero-order valence-corrected chi connectivity index (χ0v) is 11.1. The molecule has 0 unspecified atom stereocenters. The van der Waals surface area contributed by atoms with Gasteiger partial charge in [0.25, 0.3) is 0 Å². The molecular weight excluding hydrogens is 241 g/mol. The van der Waals surface area contributed by atoms with Gasteiger partial charge in [0, 0.05) is 19.3 Å². The first kappa shape index (κ1) is 13.3. The van der Waals surface area contributed by atoms with E-state index in [0.717, 1.165) is 30.2 Å². The van der Waals surface area contributed by atoms with Gasteiger partial charge in [0.05, 0.1) is 5.69 Å². The monoisotopic (exact) mass is 259 g/mol. The average molecular weight is 259 g/mol. The van der Waals surface area contributed by atoms with Gasteiger partial charge in [-0.3, -0.25) is 0 Å². The summed E-state index contributed by atoms with van der Waals surface area (Å²) in [6.07, 6.45) is 4.65. The highest BCUT2D eigenvalue weighted by molar-refractivity contribution is 5.30. The van der Waals surface area contributed by atoms with E-state index in [1.54, 1.807) is 6.08 Å². The lowest BCUT2D eigenvalue weighted by Crippen LogP contribution is -2.08. The van der Waals surface area contributed by atoms with Crippen molar-refractivity contribution in [3.05, 3.63) is 60.2 Å². The third-order valence-electron chi connectivity index (χ3n) is 2.86. The van der Waals surface area contributed by atoms with Gasteiger partial charge >= 0.3 is 0 Å². The van der Waals surface area contributed by atoms with Crippen molar-refractivity contribution in [3.63, 3.8) is 0 Å². The van der Waals surface area contributed by atoms with Crippen LogP contribution in [-0.4, -0.2) is 16.1 Å². The van der Waals surface area contributed by atoms with Crippen LogP contribution in [0.3, 0.4) is 0 Å². The van der Waals surface area contributed by atoms with E-state index >= 15 is 0 Å². The van der Waals surface area contributed by atoms with E-state index in [-0.39, 0.29) is 5.82 Å². The lowest BCUT2D eigenvalue weighted by Gasteiger charge is -2.08. The summed E-state index contributed by atoms with van der Waals surface area (Å²) in [6, 6.07) is 6.61. The van der Waals surface area contributed by atoms with E-state index in [2.05, 4.69) is 21.4 Å². The van der Waals surface area contributed by atoms with Crippen molar-refractivity contribution >= 4 is 5.95 Å². The number of rotatable bonds is 6. The molecule has 1 N–H and O–H groups in total. The first-order valence-electron chi connectivity index (χ1n) is 6.32. The predicted octanol–water partition coefficient (Wildman–Crippen LogP) is 3.17. The molecule has 100 valence electrons. The molecule has 0 atom stereocenters. The normalized spacial score (nSPS) is 10.4. The smallest absolute Gasteiger partial charge is 0.203 e. The van der Waals surface area contributed by atoms with Crippen molar-refractivity contribution in [3.8, 4) is 0 Å². The summed E-state index contributed by atoms with van der Waals surface area (Å²) in [5, 5.41) is 3.20. The second kappa shape index (κ2) is 6.18. The summed E-state index contributed by atoms with van der Waals surface area (Å²) in [6.45, 7) is 7.14. The molecule has 0 aliphatic heterocycles. The highest BCUT2D eigenvalue weighted by atomic mass is 19.1. The van der Waals surface area contributed by atoms with Crippen molar-refractivity contribution in [1.82, 2.24) is 9.55 Å². The number of hydrogen-bond acceptors (Lipinski definition) is 2. The van der Waals surface area contributed by atoms with Gasteiger partial charge in [-0.25, -0.2) is 9.37 Å². The molecule has 0 saturated heterocycles. The number of nitrogens with zero attached hydrogens (tertiary/aromatic N) is 2. The van der Waals surface area contributed by atoms with Crippen LogP contribution in [0.4, 0.5) is 10.3 Å². The first-order valence-corrected chi connectivity index (χ1v) is 6.32. The number of hydrogen-bond donors (Lipinski definition) is 1. The van der Waals surface area contributed by atoms with E-state index in [0.29, 0.717) is 6.54 Å². The van der Waals surface area contributed by atoms with Crippen LogP contribution in [0.1, 0.15) is 11.3 Å². The Morgan fingerprint density at radius 3 is 2.79 bits per heavy atom. The fourth-order valence-electron chi connectivity index (χ4n) is 1.92. The standard InChI is InChI=1S/C15H18FN3/c1-3-9-17-15-18-12(2)11-19(15)10-8-13-4-6-14(16)7-5-13/h3-7,11H,1,8-10H2,2H3,(H,17,18). The van der Waals surface area contributed by atoms with Crippen LogP contribution in [0.5, 0.6) is 0 Å². The van der Waals surface area contributed by atoms with Crippen LogP contribution in [0.25, 0.3) is 0 Å². The number of aromatic nitrogens is 2. The van der Waals surface area contributed by atoms with Gasteiger partial charge < -0.3 is 9.88 Å². The molecule has 0 spiro atoms. The molecule has 1 aromatic carbocycles. The maximum atomic E-state index is 12.8. The summed E-state index contributed by atoms with van der Waals surface area (Å²) < 4.78 is 14.9. The maximum absolute atomic E-state index is 12.8. The summed E-state index contributed by atoms with van der Waals surface area (Å²) in [4.78, 5) is 4.42. The van der Waals surface area contributed by atoms with Crippen molar-refractivity contribution in [2.75, 3.05) is 11.9 Å². The summed E-state index contributed by atoms with van der Waals surface area (Å²) in [5.74, 6) is 0.648. The van der Waals surface area contributed by atoms with E-state index in [1.165, 1.54) is 12.1 Å². The molecule has 2 aromatic rings. The maximum Gasteiger partial charge on any atom is 0.203 e. The van der Waals surface area contributed by atoms with Crippen LogP contribution in [0.15, 0.2) is 43.1 Å². The lowest BCUT2D eigenvalue weighted by molar-refractivity contribution is 0.625. The Labute approximate surface area is 112 Å². The Balaban J connectivity index is 2.02. The molecule has 0 aliphatic rings. The molecule has 3 nitrogen and oxygen atoms in total. The Kier molecular flexibility index (Phi) is 4.34. The number of benzene rings is 1. The van der Waals surface area contributed by atoms with Gasteiger partial charge in [0.1, 0.15) is 5.82 Å². The third kappa shape index (κ3) is 3.68. The molecule has 1 aromatic heterocycles. The molecule has 0 bridgehead atoms. The predicted molar refractivity (Wildman–Crippen MR) is 75.8 cm³/mol. The van der Waals surface area contributed by atoms with Crippen LogP contribution in [0, 0.1) is 12.7 Å². The van der Waals surface area contributed by atoms with E-state index < -0.39 is 0 Å². The zero-order chi connectivity index (χ0) is 13.7. The summed E-state index contributed by atoms with van der Waals surface area (Å²) in [5.41, 5.74) is 2.09. The van der Waals surface area contributed by atoms with Gasteiger partial charge in [0.15, 0.2) is 0 Å². The Hall–Kier alpha value is -2.10. The van der Waals surface area contributed by atoms with Crippen LogP contribution in [-0.2, 0) is 13.0 Å². The molecule has 0 saturated carbocycles. The summed E-state index contributed by atoms with van der Waals surface area (Å²) in [7, 11) is 0. The molecule has 2 rings (SSSR count). The SMILES string of the molecule is C=CCNc1nc(C)cn1CCc1ccc(F)cc1. The molecule has 4 heteroatoms. The molecule has 0 radical (unpaired) electrons. The molecule has 0 amide bonds. The third-order valence-corrected chi connectivity index (χ3v) is 2.86. The van der Waals surface area contributed by atoms with Gasteiger partial charge in [-0.1, -0.05) is 18.2 Å². The topological polar surface area (TPSA) is 29.9 Å². The molecule has 0 aliphatic carbocycles. The number of imidazole rings is 1. The van der Waals surface area contributed by atoms with E-state index in [4.69, 9.17) is 0 Å². The van der Waals surface area contributed by atoms with Crippen molar-refractivity contribution in [2.24, 2.45) is 0 Å². The fourth-order valence-corrected chi connectivity index (χ4v) is 1.92. The van der Waals surface area contributed by atoms with E-state index in [1.807, 2.05) is 25.3 Å². The van der Waals surface area contributed by atoms with Gasteiger partial charge in [-0.05, 0) is 31.0 Å². The number of aryl methyl sites for hydroxylation is 3. The molecular formula is C15H18FN3. The second-order valence-electron chi connectivity index (χ2n) is 4.45. The van der Waals surface area contributed by atoms with Crippen LogP contribution in [0.2, 0.25) is 0 Å². The Bertz CT molecular complexity index is 543. The molecule has 1 heterocycles. The van der Waals surface area contributed by atoms with Gasteiger partial charge in [-0.2, -0.15) is 0 Å². The largest absolute Gasteiger partial charge is 0.352 e. The number of halogens is 1. The number of anilines is 1. The highest BCUT2D eigenvalue weighted by Crippen LogP contribution is 2.11. The van der Waals surface area contributed by atoms with Crippen LogP contribution >= 0.6 is 0 Å². The minimum Gasteiger partial charge on any atom is -0.352 e. The molecule has 19 heavy (non-hydrogen) atoms. The minimum absolute atomic E-state index is 0.199. The Morgan fingerprint density at radius 1 is 1.37 bits per heavy atom. The van der Waals surface area contributed by atoms with E-state index in [9.17, 15) is 4.39 Å². The fraction of sp³-hybridized carbons (Fsp3) is 0.267. The van der Waals surface area contributed by atoms with Crippen molar-refractivity contribution in [2.45, 2.75) is 19.9 Å². The minimum atomic E-state index is -0.199. The number of nitrogens with one attached hydrogen (secondary N) is 1. The first-order chi connectivity index (χ1) is 9.19. The molecule has 0 fully saturated rings. The zero-order valence-electron chi connectivity index (χ0n) is 11.1. The second-order valence-corrected chi connectivity index (χ2v) is 4.45. The van der Waals surface area contributed by atoms with Gasteiger partial charge in [0.2, 0.25) is 5.95 Å². The summed E-state index contributed by atoms with van der Waals surface area (Å²) >= 11 is 0. The average Bonchev–Trinajstić information content (AvgIpc) is 2.76. The highest BCUT2D eigenvalue weighted by Gasteiger charge is 2.04. The lowest BCUT2D eigenvalue weighted by atomic mass is 10.1. The van der Waals surface area contributed by atoms with Crippen molar-refractivity contribution in [1.29, 1.82) is 0 Å². The Morgan fingerprint density at radius 2 is 2.11 bits per heavy atom. The van der Waals surface area contributed by atoms with Crippen molar-refractivity contribution < 1.29 is 4.39 Å². The van der Waals surface area contributed by atoms with Gasteiger partial charge in [-0.15, -0.1) is 6.58 Å². The van der Waals surface area contributed by atoms with Crippen LogP contribution < -0.4 is 5.32 Å².